The van der Waals surface area contributed by atoms with Crippen molar-refractivity contribution < 1.29 is 9.53 Å². The topological polar surface area (TPSA) is 26.3 Å². The van der Waals surface area contributed by atoms with Crippen LogP contribution in [0.2, 0.25) is 0 Å². The summed E-state index contributed by atoms with van der Waals surface area (Å²) in [6.07, 6.45) is 22.4. The number of rotatable bonds is 7. The summed E-state index contributed by atoms with van der Waals surface area (Å²) in [6.45, 7) is 5.16. The van der Waals surface area contributed by atoms with Crippen LogP contribution in [0.3, 0.4) is 0 Å². The molecule has 0 aromatic rings. The van der Waals surface area contributed by atoms with Crippen LogP contribution in [-0.4, -0.2) is 18.0 Å². The van der Waals surface area contributed by atoms with Gasteiger partial charge in [-0.1, -0.05) is 46.0 Å². The third-order valence-corrected chi connectivity index (χ3v) is 10.8. The van der Waals surface area contributed by atoms with Crippen LogP contribution in [0.15, 0.2) is 0 Å². The number of carbonyl (C=O) groups excluding carboxylic acids is 1. The maximum absolute atomic E-state index is 13.9. The van der Waals surface area contributed by atoms with Crippen LogP contribution < -0.4 is 0 Å². The van der Waals surface area contributed by atoms with Gasteiger partial charge in [-0.25, -0.2) is 0 Å². The smallest absolute Gasteiger partial charge is 0.164 e. The van der Waals surface area contributed by atoms with E-state index in [1.807, 2.05) is 0 Å². The van der Waals surface area contributed by atoms with Gasteiger partial charge in [-0.3, -0.25) is 4.79 Å². The van der Waals surface area contributed by atoms with Gasteiger partial charge in [0.05, 0.1) is 5.60 Å². The summed E-state index contributed by atoms with van der Waals surface area (Å²) in [5.41, 5.74) is -0.0634. The monoisotopic (exact) mass is 428 g/mol. The Labute approximate surface area is 191 Å². The Morgan fingerprint density at radius 1 is 0.839 bits per heavy atom. The molecule has 6 bridgehead atoms. The lowest BCUT2D eigenvalue weighted by molar-refractivity contribution is -0.153. The summed E-state index contributed by atoms with van der Waals surface area (Å²) in [4.78, 5) is 13.9. The molecule has 0 N–H and O–H groups in total. The van der Waals surface area contributed by atoms with Gasteiger partial charge in [-0.2, -0.15) is 0 Å². The van der Waals surface area contributed by atoms with Gasteiger partial charge >= 0.3 is 0 Å². The molecule has 31 heavy (non-hydrogen) atoms. The maximum Gasteiger partial charge on any atom is 0.164 e. The predicted molar refractivity (Wildman–Crippen MR) is 127 cm³/mol. The fraction of sp³-hybridized carbons (Fsp3) is 0.966. The summed E-state index contributed by atoms with van der Waals surface area (Å²) >= 11 is 0. The minimum atomic E-state index is -0.0417. The first-order valence-corrected chi connectivity index (χ1v) is 14.2. The highest BCUT2D eigenvalue weighted by atomic mass is 16.5. The van der Waals surface area contributed by atoms with E-state index in [1.54, 1.807) is 0 Å². The van der Waals surface area contributed by atoms with Crippen molar-refractivity contribution in [3.8, 4) is 0 Å². The molecule has 6 saturated carbocycles. The summed E-state index contributed by atoms with van der Waals surface area (Å²) in [5, 5.41) is 0. The molecule has 0 aromatic heterocycles. The summed E-state index contributed by atoms with van der Waals surface area (Å²) in [5.74, 6) is 5.39. The zero-order chi connectivity index (χ0) is 21.5. The fourth-order valence-electron chi connectivity index (χ4n) is 9.35. The molecule has 6 aliphatic carbocycles. The van der Waals surface area contributed by atoms with Gasteiger partial charge in [-0.05, 0) is 113 Å². The van der Waals surface area contributed by atoms with Crippen LogP contribution in [-0.2, 0) is 9.53 Å². The molecule has 2 nitrogen and oxygen atoms in total. The molecule has 0 aliphatic heterocycles. The molecular formula is C29H48O2. The normalized spacial score (nSPS) is 45.5. The van der Waals surface area contributed by atoms with Crippen molar-refractivity contribution in [3.05, 3.63) is 0 Å². The van der Waals surface area contributed by atoms with Crippen LogP contribution in [0.4, 0.5) is 0 Å². The Morgan fingerprint density at radius 2 is 1.48 bits per heavy atom. The van der Waals surface area contributed by atoms with Crippen molar-refractivity contribution >= 4 is 5.78 Å². The van der Waals surface area contributed by atoms with E-state index in [4.69, 9.17) is 4.74 Å². The third-order valence-electron chi connectivity index (χ3n) is 10.8. The van der Waals surface area contributed by atoms with Crippen molar-refractivity contribution in [1.29, 1.82) is 0 Å². The van der Waals surface area contributed by atoms with Gasteiger partial charge in [0.2, 0.25) is 0 Å². The number of hydrogen-bond acceptors (Lipinski definition) is 2. The molecular weight excluding hydrogens is 380 g/mol. The number of carbonyl (C=O) groups is 1. The molecule has 0 aromatic carbocycles. The molecule has 176 valence electrons. The van der Waals surface area contributed by atoms with E-state index in [0.717, 1.165) is 36.0 Å². The first-order chi connectivity index (χ1) is 15.0. The minimum Gasteiger partial charge on any atom is -0.367 e. The van der Waals surface area contributed by atoms with E-state index in [-0.39, 0.29) is 11.0 Å². The number of fused-ring (bicyclic) bond motifs is 3. The molecule has 0 radical (unpaired) electrons. The second-order valence-corrected chi connectivity index (χ2v) is 13.0. The zero-order valence-corrected chi connectivity index (χ0v) is 20.5. The Morgan fingerprint density at radius 3 is 2.23 bits per heavy atom. The van der Waals surface area contributed by atoms with E-state index in [2.05, 4.69) is 13.8 Å². The quantitative estimate of drug-likeness (QED) is 0.414. The molecule has 2 heteroatoms. The third kappa shape index (κ3) is 4.53. The lowest BCUT2D eigenvalue weighted by atomic mass is 9.60. The molecule has 6 aliphatic rings. The minimum absolute atomic E-state index is 0.0217. The van der Waals surface area contributed by atoms with Gasteiger partial charge < -0.3 is 4.74 Å². The van der Waals surface area contributed by atoms with E-state index in [9.17, 15) is 4.79 Å². The van der Waals surface area contributed by atoms with Crippen LogP contribution in [0.25, 0.3) is 0 Å². The van der Waals surface area contributed by atoms with Crippen molar-refractivity contribution in [3.63, 3.8) is 0 Å². The average molecular weight is 429 g/mol. The first-order valence-electron chi connectivity index (χ1n) is 14.2. The van der Waals surface area contributed by atoms with E-state index in [1.165, 1.54) is 103 Å². The summed E-state index contributed by atoms with van der Waals surface area (Å²) in [6, 6.07) is 0. The predicted octanol–water partition coefficient (Wildman–Crippen LogP) is 7.73. The molecule has 3 unspecified atom stereocenters. The Hall–Kier alpha value is -0.370. The molecule has 6 fully saturated rings. The van der Waals surface area contributed by atoms with E-state index >= 15 is 0 Å². The van der Waals surface area contributed by atoms with Crippen molar-refractivity contribution in [2.24, 2.45) is 40.9 Å². The van der Waals surface area contributed by atoms with Crippen LogP contribution in [0.5, 0.6) is 0 Å². The van der Waals surface area contributed by atoms with E-state index in [0.29, 0.717) is 18.3 Å². The fourth-order valence-corrected chi connectivity index (χ4v) is 9.35. The highest BCUT2D eigenvalue weighted by molar-refractivity contribution is 5.86. The summed E-state index contributed by atoms with van der Waals surface area (Å²) < 4.78 is 6.96. The van der Waals surface area contributed by atoms with Crippen LogP contribution in [0, 0.1) is 40.9 Å². The van der Waals surface area contributed by atoms with Gasteiger partial charge in [0.25, 0.3) is 0 Å². The van der Waals surface area contributed by atoms with E-state index < -0.39 is 0 Å². The Bertz CT molecular complexity index is 627. The van der Waals surface area contributed by atoms with Crippen LogP contribution in [0.1, 0.15) is 123 Å². The number of hydrogen-bond donors (Lipinski definition) is 0. The number of Topliss-reactive ketones (excluding diaryl/α,β-unsaturated/α-hetero) is 1. The molecule has 0 heterocycles. The molecule has 6 atom stereocenters. The SMILES string of the molecule is CCCC(C)[C@@]1(OCC(=O)C23CCC4CC(CC(C4)C2)C3)CC[C@H]2CCCC[C@H](C2)C1. The van der Waals surface area contributed by atoms with Gasteiger partial charge in [-0.15, -0.1) is 0 Å². The van der Waals surface area contributed by atoms with Gasteiger partial charge in [0, 0.05) is 5.41 Å². The lowest BCUT2D eigenvalue weighted by Gasteiger charge is -2.45. The highest BCUT2D eigenvalue weighted by Crippen LogP contribution is 2.57. The Balaban J connectivity index is 1.32. The van der Waals surface area contributed by atoms with Crippen molar-refractivity contribution in [2.45, 2.75) is 129 Å². The molecule has 0 saturated heterocycles. The summed E-state index contributed by atoms with van der Waals surface area (Å²) in [7, 11) is 0. The lowest BCUT2D eigenvalue weighted by Crippen LogP contribution is -2.46. The highest BCUT2D eigenvalue weighted by Gasteiger charge is 2.52. The maximum atomic E-state index is 13.9. The van der Waals surface area contributed by atoms with Crippen LogP contribution >= 0.6 is 0 Å². The Kier molecular flexibility index (Phi) is 6.59. The largest absolute Gasteiger partial charge is 0.367 e. The molecule has 0 amide bonds. The standard InChI is InChI=1S/C29H48O2/c1-3-6-21(2)29(12-10-22-7-4-5-8-24(13-22)19-29)31-20-27(30)28-11-9-23-14-25(17-28)16-26(15-23)18-28/h21-26H,3-20H2,1-2H3/t21?,22-,23?,24-,25?,26?,28?,29-/m1/s1. The number of ketones is 1. The first kappa shape index (κ1) is 22.4. The van der Waals surface area contributed by atoms with Crippen molar-refractivity contribution in [1.82, 2.24) is 0 Å². The second-order valence-electron chi connectivity index (χ2n) is 13.0. The zero-order valence-electron chi connectivity index (χ0n) is 20.5. The van der Waals surface area contributed by atoms with Gasteiger partial charge in [0.15, 0.2) is 5.78 Å². The van der Waals surface area contributed by atoms with Crippen molar-refractivity contribution in [2.75, 3.05) is 6.61 Å². The molecule has 0 spiro atoms. The van der Waals surface area contributed by atoms with Gasteiger partial charge in [0.1, 0.15) is 6.61 Å². The number of ether oxygens (including phenoxy) is 1. The average Bonchev–Trinajstić information content (AvgIpc) is 3.18. The second kappa shape index (κ2) is 9.11. The molecule has 6 rings (SSSR count).